The van der Waals surface area contributed by atoms with Crippen molar-refractivity contribution in [1.29, 1.82) is 0 Å². The zero-order chi connectivity index (χ0) is 26.0. The van der Waals surface area contributed by atoms with E-state index in [1.165, 1.54) is 12.7 Å². The lowest BCUT2D eigenvalue weighted by atomic mass is 9.93. The van der Waals surface area contributed by atoms with Crippen LogP contribution in [0.1, 0.15) is 36.3 Å². The van der Waals surface area contributed by atoms with Gasteiger partial charge in [0, 0.05) is 39.1 Å². The average Bonchev–Trinajstić information content (AvgIpc) is 3.38. The highest BCUT2D eigenvalue weighted by molar-refractivity contribution is 5.96. The number of aromatic nitrogens is 7. The fourth-order valence-electron chi connectivity index (χ4n) is 4.44. The molecule has 192 valence electrons. The van der Waals surface area contributed by atoms with Crippen molar-refractivity contribution >= 4 is 40.1 Å². The number of nitrogens with zero attached hydrogens (tertiary/aromatic N) is 8. The number of likely N-dealkylation sites (tertiary alicyclic amines) is 1. The summed E-state index contributed by atoms with van der Waals surface area (Å²) in [7, 11) is 1.81. The maximum absolute atomic E-state index is 12.8. The van der Waals surface area contributed by atoms with Gasteiger partial charge in [-0.25, -0.2) is 19.6 Å². The first-order valence-electron chi connectivity index (χ1n) is 12.2. The summed E-state index contributed by atoms with van der Waals surface area (Å²) in [4.78, 5) is 36.6. The fourth-order valence-corrected chi connectivity index (χ4v) is 4.44. The highest BCUT2D eigenvalue weighted by Gasteiger charge is 2.28. The summed E-state index contributed by atoms with van der Waals surface area (Å²) in [5, 5.41) is 14.7. The van der Waals surface area contributed by atoms with Gasteiger partial charge in [0.15, 0.2) is 11.5 Å². The molecule has 3 N–H and O–H groups in total. The van der Waals surface area contributed by atoms with Gasteiger partial charge in [-0.15, -0.1) is 0 Å². The summed E-state index contributed by atoms with van der Waals surface area (Å²) in [6, 6.07) is 1.79. The molecule has 0 saturated carbocycles. The van der Waals surface area contributed by atoms with E-state index in [2.05, 4.69) is 64.7 Å². The van der Waals surface area contributed by atoms with Crippen LogP contribution in [-0.2, 0) is 7.05 Å². The zero-order valence-electron chi connectivity index (χ0n) is 21.5. The monoisotopic (exact) mass is 501 g/mol. The second kappa shape index (κ2) is 10.1. The maximum Gasteiger partial charge on any atom is 0.252 e. The number of anilines is 4. The lowest BCUT2D eigenvalue weighted by Crippen LogP contribution is -2.34. The van der Waals surface area contributed by atoms with Crippen molar-refractivity contribution in [2.45, 2.75) is 27.2 Å². The molecule has 1 amide bonds. The summed E-state index contributed by atoms with van der Waals surface area (Å²) in [5.74, 6) is 0.834. The molecule has 1 aliphatic rings. The molecular weight excluding hydrogens is 470 g/mol. The smallest absolute Gasteiger partial charge is 0.252 e. The van der Waals surface area contributed by atoms with Crippen LogP contribution < -0.4 is 16.0 Å². The number of nitrogens with one attached hydrogen (secondary N) is 3. The van der Waals surface area contributed by atoms with Gasteiger partial charge in [0.2, 0.25) is 5.95 Å². The number of hydrogen-bond acceptors (Lipinski definition) is 10. The molecule has 0 bridgehead atoms. The number of hydrogen-bond donors (Lipinski definition) is 3. The number of amides is 1. The highest BCUT2D eigenvalue weighted by atomic mass is 16.1. The molecule has 0 spiro atoms. The Morgan fingerprint density at radius 2 is 1.92 bits per heavy atom. The van der Waals surface area contributed by atoms with E-state index in [-0.39, 0.29) is 5.91 Å². The quantitative estimate of drug-likeness (QED) is 0.330. The van der Waals surface area contributed by atoms with E-state index in [9.17, 15) is 4.79 Å². The minimum absolute atomic E-state index is 0.149. The first-order chi connectivity index (χ1) is 17.8. The second-order valence-corrected chi connectivity index (χ2v) is 10.1. The maximum atomic E-state index is 12.8. The molecule has 5 rings (SSSR count). The topological polar surface area (TPSA) is 139 Å². The first-order valence-corrected chi connectivity index (χ1v) is 12.2. The SMILES string of the molecule is Cc1ncc(C(=O)NCCN2CCC(C)(C)C2)cc1Nc1nn(C)c2nc(Nc3cncnc3)ncc12. The lowest BCUT2D eigenvalue weighted by molar-refractivity contribution is 0.0949. The number of rotatable bonds is 8. The van der Waals surface area contributed by atoms with E-state index >= 15 is 0 Å². The van der Waals surface area contributed by atoms with Crippen molar-refractivity contribution < 1.29 is 4.79 Å². The van der Waals surface area contributed by atoms with Crippen molar-refractivity contribution in [3.05, 3.63) is 48.4 Å². The summed E-state index contributed by atoms with van der Waals surface area (Å²) in [6.07, 6.45) is 9.22. The summed E-state index contributed by atoms with van der Waals surface area (Å²) in [5.41, 5.74) is 3.60. The van der Waals surface area contributed by atoms with Gasteiger partial charge in [-0.2, -0.15) is 10.1 Å². The molecule has 0 radical (unpaired) electrons. The Balaban J connectivity index is 1.27. The molecule has 0 aliphatic carbocycles. The average molecular weight is 502 g/mol. The molecule has 1 saturated heterocycles. The predicted octanol–water partition coefficient (Wildman–Crippen LogP) is 2.81. The van der Waals surface area contributed by atoms with Gasteiger partial charge in [0.05, 0.1) is 40.4 Å². The van der Waals surface area contributed by atoms with Gasteiger partial charge in [0.25, 0.3) is 5.91 Å². The van der Waals surface area contributed by atoms with Crippen molar-refractivity contribution in [2.75, 3.05) is 36.8 Å². The molecular formula is C25H31N11O. The third-order valence-electron chi connectivity index (χ3n) is 6.47. The molecule has 0 aromatic carbocycles. The van der Waals surface area contributed by atoms with Crippen LogP contribution in [0.3, 0.4) is 0 Å². The standard InChI is InChI=1S/C25H31N11O/c1-16-20(9-17(10-29-16)23(37)28-6-8-36-7-5-25(2,3)14-36)32-21-19-13-30-24(33-22(19)35(4)34-21)31-18-11-26-15-27-12-18/h9-13,15H,5-8,14H2,1-4H3,(H,28,37)(H,32,34)(H,30,31,33). The van der Waals surface area contributed by atoms with Crippen molar-refractivity contribution in [3.63, 3.8) is 0 Å². The van der Waals surface area contributed by atoms with Crippen LogP contribution in [0.2, 0.25) is 0 Å². The third-order valence-corrected chi connectivity index (χ3v) is 6.47. The van der Waals surface area contributed by atoms with Crippen LogP contribution in [0.4, 0.5) is 23.1 Å². The van der Waals surface area contributed by atoms with Gasteiger partial charge in [0.1, 0.15) is 6.33 Å². The van der Waals surface area contributed by atoms with Crippen LogP contribution in [0, 0.1) is 12.3 Å². The van der Waals surface area contributed by atoms with E-state index in [1.54, 1.807) is 35.5 Å². The minimum Gasteiger partial charge on any atom is -0.351 e. The molecule has 12 nitrogen and oxygen atoms in total. The summed E-state index contributed by atoms with van der Waals surface area (Å²) < 4.78 is 1.67. The second-order valence-electron chi connectivity index (χ2n) is 10.1. The van der Waals surface area contributed by atoms with E-state index in [1.807, 2.05) is 14.0 Å². The molecule has 0 unspecified atom stereocenters. The fraction of sp³-hybridized carbons (Fsp3) is 0.400. The Labute approximate surface area is 215 Å². The van der Waals surface area contributed by atoms with Crippen molar-refractivity contribution in [2.24, 2.45) is 12.5 Å². The highest BCUT2D eigenvalue weighted by Crippen LogP contribution is 2.28. The molecule has 0 atom stereocenters. The largest absolute Gasteiger partial charge is 0.351 e. The summed E-state index contributed by atoms with van der Waals surface area (Å²) in [6.45, 7) is 10.0. The van der Waals surface area contributed by atoms with Gasteiger partial charge in [-0.05, 0) is 31.4 Å². The predicted molar refractivity (Wildman–Crippen MR) is 141 cm³/mol. The molecule has 12 heteroatoms. The Hall–Kier alpha value is -4.19. The Bertz CT molecular complexity index is 1420. The van der Waals surface area contributed by atoms with Crippen molar-refractivity contribution in [1.82, 2.24) is 44.9 Å². The molecule has 4 aromatic rings. The molecule has 4 aromatic heterocycles. The number of carbonyl (C=O) groups excluding carboxylic acids is 1. The third kappa shape index (κ3) is 5.64. The number of carbonyl (C=O) groups is 1. The van der Waals surface area contributed by atoms with Crippen LogP contribution in [0.5, 0.6) is 0 Å². The van der Waals surface area contributed by atoms with Crippen LogP contribution in [-0.4, -0.2) is 71.7 Å². The number of fused-ring (bicyclic) bond motifs is 1. The lowest BCUT2D eigenvalue weighted by Gasteiger charge is -2.19. The Kier molecular flexibility index (Phi) is 6.66. The number of pyridine rings is 1. The molecule has 37 heavy (non-hydrogen) atoms. The van der Waals surface area contributed by atoms with Crippen LogP contribution in [0.25, 0.3) is 11.0 Å². The molecule has 1 fully saturated rings. The Morgan fingerprint density at radius 3 is 2.68 bits per heavy atom. The zero-order valence-corrected chi connectivity index (χ0v) is 21.5. The van der Waals surface area contributed by atoms with Gasteiger partial charge >= 0.3 is 0 Å². The normalized spacial score (nSPS) is 15.1. The Morgan fingerprint density at radius 1 is 1.11 bits per heavy atom. The van der Waals surface area contributed by atoms with E-state index < -0.39 is 0 Å². The number of aryl methyl sites for hydroxylation is 2. The minimum atomic E-state index is -0.149. The van der Waals surface area contributed by atoms with Crippen LogP contribution >= 0.6 is 0 Å². The van der Waals surface area contributed by atoms with Gasteiger partial charge in [-0.3, -0.25) is 9.78 Å². The molecule has 5 heterocycles. The van der Waals surface area contributed by atoms with Gasteiger partial charge in [-0.1, -0.05) is 13.8 Å². The first kappa shape index (κ1) is 24.5. The van der Waals surface area contributed by atoms with Gasteiger partial charge < -0.3 is 20.9 Å². The van der Waals surface area contributed by atoms with Crippen molar-refractivity contribution in [3.8, 4) is 0 Å². The van der Waals surface area contributed by atoms with E-state index in [0.29, 0.717) is 46.3 Å². The summed E-state index contributed by atoms with van der Waals surface area (Å²) >= 11 is 0. The molecule has 1 aliphatic heterocycles. The van der Waals surface area contributed by atoms with E-state index in [0.717, 1.165) is 30.7 Å². The van der Waals surface area contributed by atoms with Crippen LogP contribution in [0.15, 0.2) is 37.2 Å². The van der Waals surface area contributed by atoms with E-state index in [4.69, 9.17) is 0 Å².